The number of nitrogens with one attached hydrogen (secondary N) is 1. The number of aryl methyl sites for hydroxylation is 1. The highest BCUT2D eigenvalue weighted by molar-refractivity contribution is 5.92. The number of hydrogen-bond acceptors (Lipinski definition) is 2. The van der Waals surface area contributed by atoms with Crippen molar-refractivity contribution in [3.8, 4) is 5.75 Å². The molecule has 136 valence electrons. The van der Waals surface area contributed by atoms with Crippen LogP contribution in [0.1, 0.15) is 22.4 Å². The second-order valence-corrected chi connectivity index (χ2v) is 7.43. The van der Waals surface area contributed by atoms with E-state index in [2.05, 4.69) is 71.4 Å². The van der Waals surface area contributed by atoms with Gasteiger partial charge in [0.15, 0.2) is 0 Å². The molecule has 1 aliphatic heterocycles. The van der Waals surface area contributed by atoms with Gasteiger partial charge in [0.1, 0.15) is 5.75 Å². The highest BCUT2D eigenvalue weighted by atomic mass is 16.5. The van der Waals surface area contributed by atoms with Crippen LogP contribution in [-0.2, 0) is 19.5 Å². The first-order valence-electron chi connectivity index (χ1n) is 9.62. The number of fused-ring (bicyclic) bond motifs is 4. The van der Waals surface area contributed by atoms with Crippen molar-refractivity contribution in [3.63, 3.8) is 0 Å². The van der Waals surface area contributed by atoms with Crippen LogP contribution >= 0.6 is 0 Å². The summed E-state index contributed by atoms with van der Waals surface area (Å²) >= 11 is 0. The molecule has 0 spiro atoms. The van der Waals surface area contributed by atoms with E-state index in [1.165, 1.54) is 44.1 Å². The van der Waals surface area contributed by atoms with Crippen LogP contribution in [0.2, 0.25) is 0 Å². The molecule has 0 radical (unpaired) electrons. The lowest BCUT2D eigenvalue weighted by Gasteiger charge is -2.18. The SMILES string of the molecule is COc1ccc(Cn2c3c(c4cc(C)ccc42)CCNC3)c2ccccc12. The summed E-state index contributed by atoms with van der Waals surface area (Å²) in [6.07, 6.45) is 1.10. The Morgan fingerprint density at radius 3 is 2.70 bits per heavy atom. The van der Waals surface area contributed by atoms with Gasteiger partial charge in [-0.2, -0.15) is 0 Å². The maximum atomic E-state index is 5.57. The molecule has 0 amide bonds. The Morgan fingerprint density at radius 1 is 1.00 bits per heavy atom. The molecule has 4 aromatic rings. The van der Waals surface area contributed by atoms with Crippen molar-refractivity contribution in [3.05, 3.63) is 77.0 Å². The Hall–Kier alpha value is -2.78. The summed E-state index contributed by atoms with van der Waals surface area (Å²) < 4.78 is 8.08. The molecule has 0 saturated heterocycles. The molecule has 0 aliphatic carbocycles. The Bertz CT molecular complexity index is 1160. The van der Waals surface area contributed by atoms with Crippen LogP contribution in [0.15, 0.2) is 54.6 Å². The minimum Gasteiger partial charge on any atom is -0.496 e. The second kappa shape index (κ2) is 6.43. The number of methoxy groups -OCH3 is 1. The molecule has 3 nitrogen and oxygen atoms in total. The van der Waals surface area contributed by atoms with Gasteiger partial charge in [0, 0.05) is 35.1 Å². The lowest BCUT2D eigenvalue weighted by Crippen LogP contribution is -2.25. The van der Waals surface area contributed by atoms with Gasteiger partial charge in [-0.25, -0.2) is 0 Å². The standard InChI is InChI=1S/C24H24N2O/c1-16-7-9-22-21(13-16)19-11-12-25-14-23(19)26(22)15-17-8-10-24(27-2)20-6-4-3-5-18(17)20/h3-10,13,25H,11-12,14-15H2,1-2H3. The second-order valence-electron chi connectivity index (χ2n) is 7.43. The zero-order valence-corrected chi connectivity index (χ0v) is 15.9. The van der Waals surface area contributed by atoms with E-state index in [4.69, 9.17) is 4.74 Å². The van der Waals surface area contributed by atoms with Crippen molar-refractivity contribution in [1.29, 1.82) is 0 Å². The quantitative estimate of drug-likeness (QED) is 0.570. The van der Waals surface area contributed by atoms with Gasteiger partial charge in [-0.3, -0.25) is 0 Å². The van der Waals surface area contributed by atoms with E-state index in [1.807, 2.05) is 0 Å². The van der Waals surface area contributed by atoms with E-state index in [0.717, 1.165) is 31.8 Å². The van der Waals surface area contributed by atoms with Crippen LogP contribution < -0.4 is 10.1 Å². The largest absolute Gasteiger partial charge is 0.496 e. The van der Waals surface area contributed by atoms with Gasteiger partial charge in [-0.05, 0) is 54.6 Å². The van der Waals surface area contributed by atoms with Crippen molar-refractivity contribution in [2.75, 3.05) is 13.7 Å². The van der Waals surface area contributed by atoms with Crippen LogP contribution in [-0.4, -0.2) is 18.2 Å². The smallest absolute Gasteiger partial charge is 0.126 e. The fraction of sp³-hybridized carbons (Fsp3) is 0.250. The number of aromatic nitrogens is 1. The van der Waals surface area contributed by atoms with Gasteiger partial charge in [-0.1, -0.05) is 42.0 Å². The van der Waals surface area contributed by atoms with Gasteiger partial charge >= 0.3 is 0 Å². The molecule has 0 unspecified atom stereocenters. The molecule has 0 fully saturated rings. The van der Waals surface area contributed by atoms with Crippen molar-refractivity contribution < 1.29 is 4.74 Å². The zero-order chi connectivity index (χ0) is 18.4. The molecule has 5 rings (SSSR count). The summed E-state index contributed by atoms with van der Waals surface area (Å²) in [7, 11) is 1.74. The Labute approximate surface area is 159 Å². The average Bonchev–Trinajstić information content (AvgIpc) is 3.01. The molecule has 1 N–H and O–H groups in total. The van der Waals surface area contributed by atoms with Crippen LogP contribution in [0.25, 0.3) is 21.7 Å². The maximum absolute atomic E-state index is 5.57. The minimum absolute atomic E-state index is 0.876. The topological polar surface area (TPSA) is 26.2 Å². The van der Waals surface area contributed by atoms with Gasteiger partial charge in [-0.15, -0.1) is 0 Å². The lowest BCUT2D eigenvalue weighted by molar-refractivity contribution is 0.419. The van der Waals surface area contributed by atoms with E-state index >= 15 is 0 Å². The Balaban J connectivity index is 1.71. The van der Waals surface area contributed by atoms with E-state index in [-0.39, 0.29) is 0 Å². The molecule has 2 heterocycles. The Kier molecular flexibility index (Phi) is 3.91. The highest BCUT2D eigenvalue weighted by Gasteiger charge is 2.20. The van der Waals surface area contributed by atoms with E-state index in [9.17, 15) is 0 Å². The third-order valence-electron chi connectivity index (χ3n) is 5.81. The van der Waals surface area contributed by atoms with Gasteiger partial charge in [0.25, 0.3) is 0 Å². The van der Waals surface area contributed by atoms with E-state index in [1.54, 1.807) is 7.11 Å². The molecule has 27 heavy (non-hydrogen) atoms. The van der Waals surface area contributed by atoms with Gasteiger partial charge < -0.3 is 14.6 Å². The van der Waals surface area contributed by atoms with Crippen molar-refractivity contribution in [1.82, 2.24) is 9.88 Å². The Morgan fingerprint density at radius 2 is 1.85 bits per heavy atom. The number of nitrogens with zero attached hydrogens (tertiary/aromatic N) is 1. The van der Waals surface area contributed by atoms with E-state index < -0.39 is 0 Å². The van der Waals surface area contributed by atoms with Crippen molar-refractivity contribution >= 4 is 21.7 Å². The summed E-state index contributed by atoms with van der Waals surface area (Å²) in [5, 5.41) is 7.42. The summed E-state index contributed by atoms with van der Waals surface area (Å²) in [4.78, 5) is 0. The zero-order valence-electron chi connectivity index (χ0n) is 15.9. The molecule has 1 aliphatic rings. The van der Waals surface area contributed by atoms with Crippen LogP contribution in [0.5, 0.6) is 5.75 Å². The van der Waals surface area contributed by atoms with Crippen LogP contribution in [0.4, 0.5) is 0 Å². The monoisotopic (exact) mass is 356 g/mol. The predicted octanol–water partition coefficient (Wildman–Crippen LogP) is 4.81. The number of rotatable bonds is 3. The molecule has 3 aromatic carbocycles. The molecule has 0 saturated carbocycles. The molecule has 0 bridgehead atoms. The molecule has 1 aromatic heterocycles. The van der Waals surface area contributed by atoms with Gasteiger partial charge in [0.2, 0.25) is 0 Å². The van der Waals surface area contributed by atoms with E-state index in [0.29, 0.717) is 0 Å². The molecular weight excluding hydrogens is 332 g/mol. The number of ether oxygens (including phenoxy) is 1. The summed E-state index contributed by atoms with van der Waals surface area (Å²) in [5.74, 6) is 0.936. The number of benzene rings is 3. The lowest BCUT2D eigenvalue weighted by atomic mass is 10.0. The van der Waals surface area contributed by atoms with Crippen molar-refractivity contribution in [2.24, 2.45) is 0 Å². The normalized spacial score (nSPS) is 13.9. The highest BCUT2D eigenvalue weighted by Crippen LogP contribution is 2.33. The molecule has 0 atom stereocenters. The maximum Gasteiger partial charge on any atom is 0.126 e. The summed E-state index contributed by atoms with van der Waals surface area (Å²) in [5.41, 5.74) is 6.95. The molecular formula is C24H24N2O. The third-order valence-corrected chi connectivity index (χ3v) is 5.81. The molecule has 3 heteroatoms. The van der Waals surface area contributed by atoms with Crippen molar-refractivity contribution in [2.45, 2.75) is 26.4 Å². The first-order chi connectivity index (χ1) is 13.3. The predicted molar refractivity (Wildman–Crippen MR) is 112 cm³/mol. The summed E-state index contributed by atoms with van der Waals surface area (Å²) in [6, 6.07) is 19.7. The van der Waals surface area contributed by atoms with Crippen LogP contribution in [0, 0.1) is 6.92 Å². The number of hydrogen-bond donors (Lipinski definition) is 1. The fourth-order valence-corrected chi connectivity index (χ4v) is 4.49. The third kappa shape index (κ3) is 2.62. The van der Waals surface area contributed by atoms with Gasteiger partial charge in [0.05, 0.1) is 7.11 Å². The minimum atomic E-state index is 0.876. The first-order valence-corrected chi connectivity index (χ1v) is 9.62. The average molecular weight is 356 g/mol. The fourth-order valence-electron chi connectivity index (χ4n) is 4.49. The first kappa shape index (κ1) is 16.4. The van der Waals surface area contributed by atoms with Crippen LogP contribution in [0.3, 0.4) is 0 Å². The summed E-state index contributed by atoms with van der Waals surface area (Å²) in [6.45, 7) is 5.06.